The van der Waals surface area contributed by atoms with Gasteiger partial charge in [0.05, 0.1) is 26.0 Å². The summed E-state index contributed by atoms with van der Waals surface area (Å²) in [6, 6.07) is 10.8. The Balaban J connectivity index is 1.90. The van der Waals surface area contributed by atoms with Gasteiger partial charge in [-0.3, -0.25) is 14.9 Å². The summed E-state index contributed by atoms with van der Waals surface area (Å²) in [5, 5.41) is 2.21. The van der Waals surface area contributed by atoms with Crippen molar-refractivity contribution in [3.63, 3.8) is 0 Å². The molecule has 0 unspecified atom stereocenters. The van der Waals surface area contributed by atoms with Crippen LogP contribution in [0.5, 0.6) is 17.2 Å². The zero-order valence-corrected chi connectivity index (χ0v) is 17.6. The molecular formula is C23H24N2O6. The lowest BCUT2D eigenvalue weighted by atomic mass is 10.1. The molecule has 2 aromatic carbocycles. The highest BCUT2D eigenvalue weighted by atomic mass is 16.5. The number of carbonyl (C=O) groups excluding carboxylic acids is 3. The zero-order valence-electron chi connectivity index (χ0n) is 17.6. The molecule has 0 saturated carbocycles. The largest absolute Gasteiger partial charge is 0.494 e. The number of hydrogen-bond acceptors (Lipinski definition) is 6. The van der Waals surface area contributed by atoms with Crippen molar-refractivity contribution in [2.24, 2.45) is 0 Å². The lowest BCUT2D eigenvalue weighted by molar-refractivity contribution is -0.122. The van der Waals surface area contributed by atoms with Gasteiger partial charge in [-0.15, -0.1) is 0 Å². The second kappa shape index (κ2) is 9.80. The van der Waals surface area contributed by atoms with E-state index in [0.29, 0.717) is 41.7 Å². The SMILES string of the molecule is CCCOc1ccc(N2C(=O)NC(=O)/C(=C/c3ccc(OCC)c(OC)c3)C2=O)cc1. The Bertz CT molecular complexity index is 1010. The van der Waals surface area contributed by atoms with E-state index in [-0.39, 0.29) is 5.57 Å². The van der Waals surface area contributed by atoms with Crippen LogP contribution in [-0.2, 0) is 9.59 Å². The van der Waals surface area contributed by atoms with Crippen molar-refractivity contribution in [3.05, 3.63) is 53.6 Å². The highest BCUT2D eigenvalue weighted by Gasteiger charge is 2.36. The number of amides is 4. The van der Waals surface area contributed by atoms with Crippen molar-refractivity contribution >= 4 is 29.6 Å². The van der Waals surface area contributed by atoms with Gasteiger partial charge in [-0.1, -0.05) is 13.0 Å². The van der Waals surface area contributed by atoms with E-state index in [1.165, 1.54) is 13.2 Å². The van der Waals surface area contributed by atoms with Crippen LogP contribution in [0.1, 0.15) is 25.8 Å². The molecule has 31 heavy (non-hydrogen) atoms. The third-order valence-electron chi connectivity index (χ3n) is 4.47. The number of benzene rings is 2. The van der Waals surface area contributed by atoms with Crippen LogP contribution in [0.25, 0.3) is 6.08 Å². The topological polar surface area (TPSA) is 94.2 Å². The van der Waals surface area contributed by atoms with E-state index in [1.807, 2.05) is 13.8 Å². The summed E-state index contributed by atoms with van der Waals surface area (Å²) in [7, 11) is 1.50. The van der Waals surface area contributed by atoms with E-state index >= 15 is 0 Å². The minimum atomic E-state index is -0.807. The molecule has 3 rings (SSSR count). The number of rotatable bonds is 8. The number of hydrogen-bond donors (Lipinski definition) is 1. The molecule has 0 spiro atoms. The molecule has 1 saturated heterocycles. The Kier molecular flexibility index (Phi) is 6.92. The van der Waals surface area contributed by atoms with Gasteiger partial charge in [0.25, 0.3) is 11.8 Å². The zero-order chi connectivity index (χ0) is 22.4. The molecule has 1 aliphatic rings. The Morgan fingerprint density at radius 2 is 1.71 bits per heavy atom. The number of carbonyl (C=O) groups is 3. The van der Waals surface area contributed by atoms with Crippen LogP contribution < -0.4 is 24.4 Å². The Labute approximate surface area is 180 Å². The van der Waals surface area contributed by atoms with Crippen LogP contribution in [0.4, 0.5) is 10.5 Å². The number of nitrogens with one attached hydrogen (secondary N) is 1. The molecule has 0 bridgehead atoms. The van der Waals surface area contributed by atoms with Crippen LogP contribution in [0.15, 0.2) is 48.0 Å². The van der Waals surface area contributed by atoms with E-state index in [0.717, 1.165) is 11.3 Å². The van der Waals surface area contributed by atoms with Crippen LogP contribution in [-0.4, -0.2) is 38.2 Å². The molecule has 2 aromatic rings. The number of urea groups is 1. The lowest BCUT2D eigenvalue weighted by Crippen LogP contribution is -2.54. The Morgan fingerprint density at radius 1 is 0.968 bits per heavy atom. The van der Waals surface area contributed by atoms with Gasteiger partial charge < -0.3 is 14.2 Å². The molecule has 0 radical (unpaired) electrons. The number of nitrogens with zero attached hydrogens (tertiary/aromatic N) is 1. The van der Waals surface area contributed by atoms with Gasteiger partial charge in [0.1, 0.15) is 11.3 Å². The van der Waals surface area contributed by atoms with Gasteiger partial charge in [0.15, 0.2) is 11.5 Å². The molecule has 8 heteroatoms. The van der Waals surface area contributed by atoms with E-state index in [9.17, 15) is 14.4 Å². The molecule has 8 nitrogen and oxygen atoms in total. The Morgan fingerprint density at radius 3 is 2.35 bits per heavy atom. The molecule has 4 amide bonds. The fourth-order valence-corrected chi connectivity index (χ4v) is 3.02. The van der Waals surface area contributed by atoms with Gasteiger partial charge in [-0.05, 0) is 61.4 Å². The second-order valence-electron chi connectivity index (χ2n) is 6.64. The molecule has 1 fully saturated rings. The number of imide groups is 2. The van der Waals surface area contributed by atoms with Gasteiger partial charge in [-0.2, -0.15) is 0 Å². The molecule has 1 aliphatic heterocycles. The highest BCUT2D eigenvalue weighted by molar-refractivity contribution is 6.39. The quantitative estimate of drug-likeness (QED) is 0.515. The average Bonchev–Trinajstić information content (AvgIpc) is 2.77. The van der Waals surface area contributed by atoms with Gasteiger partial charge in [0.2, 0.25) is 0 Å². The first-order valence-corrected chi connectivity index (χ1v) is 9.93. The predicted octanol–water partition coefficient (Wildman–Crippen LogP) is 3.55. The maximum atomic E-state index is 13.0. The summed E-state index contributed by atoms with van der Waals surface area (Å²) in [5.74, 6) is 0.166. The fraction of sp³-hybridized carbons (Fsp3) is 0.261. The van der Waals surface area contributed by atoms with Crippen molar-refractivity contribution in [2.75, 3.05) is 25.2 Å². The predicted molar refractivity (Wildman–Crippen MR) is 115 cm³/mol. The van der Waals surface area contributed by atoms with Crippen LogP contribution in [0.3, 0.4) is 0 Å². The van der Waals surface area contributed by atoms with Crippen molar-refractivity contribution in [3.8, 4) is 17.2 Å². The van der Waals surface area contributed by atoms with E-state index in [1.54, 1.807) is 42.5 Å². The van der Waals surface area contributed by atoms with Gasteiger partial charge in [-0.25, -0.2) is 9.69 Å². The van der Waals surface area contributed by atoms with Crippen LogP contribution in [0, 0.1) is 0 Å². The summed E-state index contributed by atoms with van der Waals surface area (Å²) < 4.78 is 16.3. The van der Waals surface area contributed by atoms with Crippen LogP contribution >= 0.6 is 0 Å². The normalized spacial score (nSPS) is 15.1. The van der Waals surface area contributed by atoms with Crippen molar-refractivity contribution < 1.29 is 28.6 Å². The highest BCUT2D eigenvalue weighted by Crippen LogP contribution is 2.30. The number of anilines is 1. The van der Waals surface area contributed by atoms with E-state index in [4.69, 9.17) is 14.2 Å². The molecule has 0 aliphatic carbocycles. The van der Waals surface area contributed by atoms with Crippen molar-refractivity contribution in [1.29, 1.82) is 0 Å². The second-order valence-corrected chi connectivity index (χ2v) is 6.64. The van der Waals surface area contributed by atoms with Crippen LogP contribution in [0.2, 0.25) is 0 Å². The number of barbiturate groups is 1. The molecule has 1 heterocycles. The van der Waals surface area contributed by atoms with Gasteiger partial charge in [0, 0.05) is 0 Å². The number of ether oxygens (including phenoxy) is 3. The molecule has 162 valence electrons. The summed E-state index contributed by atoms with van der Waals surface area (Å²) in [6.45, 7) is 4.89. The van der Waals surface area contributed by atoms with Crippen molar-refractivity contribution in [2.45, 2.75) is 20.3 Å². The van der Waals surface area contributed by atoms with Gasteiger partial charge >= 0.3 is 6.03 Å². The maximum Gasteiger partial charge on any atom is 0.335 e. The van der Waals surface area contributed by atoms with E-state index < -0.39 is 17.8 Å². The minimum absolute atomic E-state index is 0.169. The molecule has 0 atom stereocenters. The fourth-order valence-electron chi connectivity index (χ4n) is 3.02. The first kappa shape index (κ1) is 21.9. The monoisotopic (exact) mass is 424 g/mol. The van der Waals surface area contributed by atoms with Crippen molar-refractivity contribution in [1.82, 2.24) is 5.32 Å². The summed E-state index contributed by atoms with van der Waals surface area (Å²) >= 11 is 0. The minimum Gasteiger partial charge on any atom is -0.494 e. The third-order valence-corrected chi connectivity index (χ3v) is 4.47. The Hall–Kier alpha value is -3.81. The molecule has 1 N–H and O–H groups in total. The smallest absolute Gasteiger partial charge is 0.335 e. The first-order chi connectivity index (χ1) is 15.0. The lowest BCUT2D eigenvalue weighted by Gasteiger charge is -2.26. The summed E-state index contributed by atoms with van der Waals surface area (Å²) in [5.41, 5.74) is 0.711. The first-order valence-electron chi connectivity index (χ1n) is 9.93. The molecular weight excluding hydrogens is 400 g/mol. The summed E-state index contributed by atoms with van der Waals surface area (Å²) in [6.07, 6.45) is 2.27. The standard InChI is InChI=1S/C23H24N2O6/c1-4-12-31-17-9-7-16(8-10-17)25-22(27)18(21(26)24-23(25)28)13-15-6-11-19(30-5-2)20(14-15)29-3/h6-11,13-14H,4-5,12H2,1-3H3,(H,24,26,28)/b18-13-. The number of methoxy groups -OCH3 is 1. The third kappa shape index (κ3) is 4.85. The summed E-state index contributed by atoms with van der Waals surface area (Å²) in [4.78, 5) is 38.7. The molecule has 0 aromatic heterocycles. The maximum absolute atomic E-state index is 13.0. The van der Waals surface area contributed by atoms with E-state index in [2.05, 4.69) is 5.32 Å². The average molecular weight is 424 g/mol.